The van der Waals surface area contributed by atoms with Crippen LogP contribution >= 0.6 is 0 Å². The Morgan fingerprint density at radius 2 is 2.07 bits per heavy atom. The number of carbonyl (C=O) groups is 1. The van der Waals surface area contributed by atoms with E-state index in [4.69, 9.17) is 5.26 Å². The molecule has 15 heavy (non-hydrogen) atoms. The van der Waals surface area contributed by atoms with Crippen molar-refractivity contribution in [3.63, 3.8) is 0 Å². The first-order valence-electron chi connectivity index (χ1n) is 4.34. The van der Waals surface area contributed by atoms with Crippen LogP contribution in [0.4, 0.5) is 0 Å². The summed E-state index contributed by atoms with van der Waals surface area (Å²) in [5, 5.41) is 15.2. The molecule has 4 nitrogen and oxygen atoms in total. The molecule has 0 saturated heterocycles. The van der Waals surface area contributed by atoms with Gasteiger partial charge in [0.05, 0.1) is 17.2 Å². The Morgan fingerprint density at radius 1 is 1.33 bits per heavy atom. The predicted octanol–water partition coefficient (Wildman–Crippen LogP) is 1.76. The second-order valence-electron chi connectivity index (χ2n) is 3.00. The first kappa shape index (κ1) is 9.16. The molecule has 1 aromatic heterocycles. The van der Waals surface area contributed by atoms with E-state index in [1.54, 1.807) is 30.5 Å². The van der Waals surface area contributed by atoms with Crippen molar-refractivity contribution < 1.29 is 4.79 Å². The van der Waals surface area contributed by atoms with Crippen molar-refractivity contribution in [2.45, 2.75) is 0 Å². The second-order valence-corrected chi connectivity index (χ2v) is 3.00. The molecule has 2 rings (SSSR count). The van der Waals surface area contributed by atoms with Gasteiger partial charge >= 0.3 is 0 Å². The summed E-state index contributed by atoms with van der Waals surface area (Å²) in [6.07, 6.45) is 2.29. The molecule has 1 heterocycles. The van der Waals surface area contributed by atoms with Crippen molar-refractivity contribution in [1.82, 2.24) is 10.2 Å². The molecule has 0 fully saturated rings. The molecule has 72 valence electrons. The fourth-order valence-electron chi connectivity index (χ4n) is 1.32. The quantitative estimate of drug-likeness (QED) is 0.746. The number of aromatic amines is 1. The number of hydrogen-bond donors (Lipinski definition) is 1. The van der Waals surface area contributed by atoms with Gasteiger partial charge in [-0.2, -0.15) is 10.4 Å². The lowest BCUT2D eigenvalue weighted by Gasteiger charge is -1.97. The number of H-pyrrole nitrogens is 1. The zero-order valence-electron chi connectivity index (χ0n) is 7.77. The van der Waals surface area contributed by atoms with E-state index in [1.165, 1.54) is 0 Å². The Balaban J connectivity index is 2.46. The van der Waals surface area contributed by atoms with Gasteiger partial charge in [-0.05, 0) is 12.1 Å². The van der Waals surface area contributed by atoms with E-state index in [0.717, 1.165) is 11.8 Å². The molecule has 2 aromatic rings. The standard InChI is InChI=1S/C11H7N3O/c12-5-8-1-3-9(4-2-8)11-10(7-15)6-13-14-11/h1-4,6-7H,(H,13,14). The summed E-state index contributed by atoms with van der Waals surface area (Å²) in [5.41, 5.74) is 2.52. The maximum absolute atomic E-state index is 10.7. The van der Waals surface area contributed by atoms with Crippen molar-refractivity contribution in [1.29, 1.82) is 5.26 Å². The molecule has 0 saturated carbocycles. The van der Waals surface area contributed by atoms with Gasteiger partial charge in [0.1, 0.15) is 5.69 Å². The fourth-order valence-corrected chi connectivity index (χ4v) is 1.32. The molecule has 0 aliphatic heterocycles. The molecule has 0 aliphatic carbocycles. The van der Waals surface area contributed by atoms with Crippen LogP contribution in [0.1, 0.15) is 15.9 Å². The van der Waals surface area contributed by atoms with Crippen LogP contribution in [0.5, 0.6) is 0 Å². The van der Waals surface area contributed by atoms with Gasteiger partial charge < -0.3 is 0 Å². The number of carbonyl (C=O) groups excluding carboxylic acids is 1. The predicted molar refractivity (Wildman–Crippen MR) is 54.1 cm³/mol. The van der Waals surface area contributed by atoms with Crippen LogP contribution < -0.4 is 0 Å². The third kappa shape index (κ3) is 1.63. The second kappa shape index (κ2) is 3.76. The normalized spacial score (nSPS) is 9.53. The smallest absolute Gasteiger partial charge is 0.153 e. The molecular formula is C11H7N3O. The van der Waals surface area contributed by atoms with E-state index in [-0.39, 0.29) is 0 Å². The molecule has 0 atom stereocenters. The molecule has 4 heteroatoms. The van der Waals surface area contributed by atoms with Crippen LogP contribution in [0.15, 0.2) is 30.5 Å². The van der Waals surface area contributed by atoms with Crippen LogP contribution in [0, 0.1) is 11.3 Å². The average Bonchev–Trinajstić information content (AvgIpc) is 2.77. The zero-order chi connectivity index (χ0) is 10.7. The molecule has 0 aliphatic rings. The lowest BCUT2D eigenvalue weighted by atomic mass is 10.1. The largest absolute Gasteiger partial charge is 0.298 e. The van der Waals surface area contributed by atoms with Gasteiger partial charge in [0.15, 0.2) is 6.29 Å². The van der Waals surface area contributed by atoms with Gasteiger partial charge in [-0.25, -0.2) is 0 Å². The van der Waals surface area contributed by atoms with Gasteiger partial charge in [0.25, 0.3) is 0 Å². The topological polar surface area (TPSA) is 69.5 Å². The number of nitriles is 1. The summed E-state index contributed by atoms with van der Waals surface area (Å²) in [7, 11) is 0. The number of benzene rings is 1. The Kier molecular flexibility index (Phi) is 2.30. The van der Waals surface area contributed by atoms with Crippen LogP contribution in [0.2, 0.25) is 0 Å². The van der Waals surface area contributed by atoms with Crippen molar-refractivity contribution >= 4 is 6.29 Å². The fraction of sp³-hybridized carbons (Fsp3) is 0. The SMILES string of the molecule is N#Cc1ccc(-c2n[nH]cc2C=O)cc1. The number of aldehydes is 1. The summed E-state index contributed by atoms with van der Waals surface area (Å²) < 4.78 is 0. The van der Waals surface area contributed by atoms with Crippen molar-refractivity contribution in [3.05, 3.63) is 41.6 Å². The third-order valence-corrected chi connectivity index (χ3v) is 2.08. The summed E-state index contributed by atoms with van der Waals surface area (Å²) >= 11 is 0. The van der Waals surface area contributed by atoms with Crippen LogP contribution in [-0.2, 0) is 0 Å². The van der Waals surface area contributed by atoms with Crippen LogP contribution in [0.25, 0.3) is 11.3 Å². The average molecular weight is 197 g/mol. The van der Waals surface area contributed by atoms with Crippen molar-refractivity contribution in [2.75, 3.05) is 0 Å². The van der Waals surface area contributed by atoms with E-state index < -0.39 is 0 Å². The van der Waals surface area contributed by atoms with E-state index in [9.17, 15) is 4.79 Å². The lowest BCUT2D eigenvalue weighted by molar-refractivity contribution is 0.112. The van der Waals surface area contributed by atoms with Gasteiger partial charge in [0.2, 0.25) is 0 Å². The Bertz CT molecular complexity index is 520. The first-order valence-corrected chi connectivity index (χ1v) is 4.34. The van der Waals surface area contributed by atoms with Crippen molar-refractivity contribution in [3.8, 4) is 17.3 Å². The highest BCUT2D eigenvalue weighted by Gasteiger charge is 2.06. The molecule has 0 bridgehead atoms. The molecule has 0 spiro atoms. The van der Waals surface area contributed by atoms with E-state index in [0.29, 0.717) is 16.8 Å². The highest BCUT2D eigenvalue weighted by Crippen LogP contribution is 2.19. The number of aromatic nitrogens is 2. The third-order valence-electron chi connectivity index (χ3n) is 2.08. The number of rotatable bonds is 2. The van der Waals surface area contributed by atoms with E-state index in [2.05, 4.69) is 10.2 Å². The molecule has 1 aromatic carbocycles. The van der Waals surface area contributed by atoms with Crippen molar-refractivity contribution in [2.24, 2.45) is 0 Å². The minimum Gasteiger partial charge on any atom is -0.298 e. The van der Waals surface area contributed by atoms with Crippen LogP contribution in [0.3, 0.4) is 0 Å². The molecule has 1 N–H and O–H groups in total. The lowest BCUT2D eigenvalue weighted by Crippen LogP contribution is -1.84. The van der Waals surface area contributed by atoms with Gasteiger partial charge in [-0.3, -0.25) is 9.89 Å². The Morgan fingerprint density at radius 3 is 2.67 bits per heavy atom. The Hall–Kier alpha value is -2.41. The minimum atomic E-state index is 0.514. The summed E-state index contributed by atoms with van der Waals surface area (Å²) in [6.45, 7) is 0. The zero-order valence-corrected chi connectivity index (χ0v) is 7.77. The van der Waals surface area contributed by atoms with E-state index >= 15 is 0 Å². The summed E-state index contributed by atoms with van der Waals surface area (Å²) in [6, 6.07) is 8.95. The van der Waals surface area contributed by atoms with Gasteiger partial charge in [-0.1, -0.05) is 12.1 Å². The van der Waals surface area contributed by atoms with Crippen LogP contribution in [-0.4, -0.2) is 16.5 Å². The maximum Gasteiger partial charge on any atom is 0.153 e. The molecular weight excluding hydrogens is 190 g/mol. The van der Waals surface area contributed by atoms with Gasteiger partial charge in [0, 0.05) is 11.8 Å². The minimum absolute atomic E-state index is 0.514. The molecule has 0 radical (unpaired) electrons. The van der Waals surface area contributed by atoms with E-state index in [1.807, 2.05) is 6.07 Å². The summed E-state index contributed by atoms with van der Waals surface area (Å²) in [5.74, 6) is 0. The summed E-state index contributed by atoms with van der Waals surface area (Å²) in [4.78, 5) is 10.7. The first-order chi connectivity index (χ1) is 7.35. The molecule has 0 amide bonds. The monoisotopic (exact) mass is 197 g/mol. The molecule has 0 unspecified atom stereocenters. The highest BCUT2D eigenvalue weighted by atomic mass is 16.1. The Labute approximate surface area is 86.2 Å². The number of hydrogen-bond acceptors (Lipinski definition) is 3. The maximum atomic E-state index is 10.7. The number of nitrogens with one attached hydrogen (secondary N) is 1. The van der Waals surface area contributed by atoms with Gasteiger partial charge in [-0.15, -0.1) is 0 Å². The number of nitrogens with zero attached hydrogens (tertiary/aromatic N) is 2. The highest BCUT2D eigenvalue weighted by molar-refractivity contribution is 5.85.